The molecule has 0 atom stereocenters. The number of aromatic nitrogens is 2. The van der Waals surface area contributed by atoms with Crippen LogP contribution in [0.25, 0.3) is 0 Å². The second-order valence-electron chi connectivity index (χ2n) is 7.03. The van der Waals surface area contributed by atoms with Gasteiger partial charge in [-0.05, 0) is 43.2 Å². The number of allylic oxidation sites excluding steroid dienone is 4. The zero-order valence-corrected chi connectivity index (χ0v) is 17.2. The number of rotatable bonds is 2. The van der Waals surface area contributed by atoms with Gasteiger partial charge in [0.2, 0.25) is 4.33 Å². The molecule has 3 heterocycles. The van der Waals surface area contributed by atoms with E-state index in [0.717, 1.165) is 30.2 Å². The van der Waals surface area contributed by atoms with Gasteiger partial charge < -0.3 is 0 Å². The lowest BCUT2D eigenvalue weighted by atomic mass is 10.1. The molecule has 4 nitrogen and oxygen atoms in total. The number of fused-ring (bicyclic) bond motifs is 2. The average Bonchev–Trinajstić information content (AvgIpc) is 3.29. The fourth-order valence-corrected chi connectivity index (χ4v) is 7.39. The van der Waals surface area contributed by atoms with Crippen LogP contribution in [0, 0.1) is 0 Å². The maximum atomic E-state index is 4.80. The highest BCUT2D eigenvalue weighted by molar-refractivity contribution is 8.21. The molecule has 1 aromatic heterocycles. The van der Waals surface area contributed by atoms with Gasteiger partial charge in [0.15, 0.2) is 11.6 Å². The standard InChI is InChI=1S/C23H18N4S2/c1-3-9-17(10-4-1)26-21-22(25-16-15-24-21)27(18-11-5-2-6-12-18)23(26)28-19-13-7-8-14-20(19)29-23/h1-5,7-11,13-16H,6,12H2. The van der Waals surface area contributed by atoms with Crippen molar-refractivity contribution in [2.24, 2.45) is 0 Å². The molecule has 0 unspecified atom stereocenters. The summed E-state index contributed by atoms with van der Waals surface area (Å²) in [6, 6.07) is 19.2. The Balaban J connectivity index is 1.61. The molecule has 0 fully saturated rings. The number of hydrogen-bond acceptors (Lipinski definition) is 6. The molecule has 0 saturated heterocycles. The highest BCUT2D eigenvalue weighted by Crippen LogP contribution is 2.66. The van der Waals surface area contributed by atoms with Crippen LogP contribution in [0.5, 0.6) is 0 Å². The third-order valence-corrected chi connectivity index (χ3v) is 8.32. The Kier molecular flexibility index (Phi) is 3.96. The molecule has 2 aliphatic heterocycles. The van der Waals surface area contributed by atoms with Gasteiger partial charge in [-0.3, -0.25) is 9.80 Å². The minimum atomic E-state index is -0.425. The van der Waals surface area contributed by atoms with Crippen LogP contribution in [0.3, 0.4) is 0 Å². The average molecular weight is 415 g/mol. The molecule has 0 N–H and O–H groups in total. The molecule has 1 aliphatic carbocycles. The van der Waals surface area contributed by atoms with E-state index in [1.165, 1.54) is 15.5 Å². The van der Waals surface area contributed by atoms with Crippen LogP contribution in [-0.4, -0.2) is 14.3 Å². The molecule has 0 saturated carbocycles. The topological polar surface area (TPSA) is 32.3 Å². The minimum absolute atomic E-state index is 0.425. The lowest BCUT2D eigenvalue weighted by molar-refractivity contribution is 0.773. The Hall–Kier alpha value is -2.70. The van der Waals surface area contributed by atoms with E-state index < -0.39 is 4.33 Å². The maximum absolute atomic E-state index is 4.80. The Morgan fingerprint density at radius 1 is 0.793 bits per heavy atom. The summed E-state index contributed by atoms with van der Waals surface area (Å²) >= 11 is 3.75. The molecule has 2 aromatic carbocycles. The van der Waals surface area contributed by atoms with E-state index >= 15 is 0 Å². The lowest BCUT2D eigenvalue weighted by Crippen LogP contribution is -2.48. The number of benzene rings is 2. The highest BCUT2D eigenvalue weighted by Gasteiger charge is 2.58. The fourth-order valence-electron chi connectivity index (χ4n) is 4.07. The van der Waals surface area contributed by atoms with E-state index in [9.17, 15) is 0 Å². The van der Waals surface area contributed by atoms with Gasteiger partial charge in [0.25, 0.3) is 0 Å². The van der Waals surface area contributed by atoms with Gasteiger partial charge in [-0.2, -0.15) is 0 Å². The SMILES string of the molecule is C1=CCCC(N2c3nccnc3N(c3ccccc3)C23Sc2ccccc2S3)=C1. The lowest BCUT2D eigenvalue weighted by Gasteiger charge is -2.41. The predicted octanol–water partition coefficient (Wildman–Crippen LogP) is 6.18. The summed E-state index contributed by atoms with van der Waals surface area (Å²) in [6.45, 7) is 0. The zero-order chi connectivity index (χ0) is 19.3. The van der Waals surface area contributed by atoms with Gasteiger partial charge in [0, 0.05) is 33.6 Å². The van der Waals surface area contributed by atoms with Crippen molar-refractivity contribution in [3.8, 4) is 0 Å². The summed E-state index contributed by atoms with van der Waals surface area (Å²) in [4.78, 5) is 16.9. The summed E-state index contributed by atoms with van der Waals surface area (Å²) in [5, 5.41) is 0. The highest BCUT2D eigenvalue weighted by atomic mass is 32.2. The molecule has 3 aromatic rings. The van der Waals surface area contributed by atoms with E-state index in [2.05, 4.69) is 82.6 Å². The van der Waals surface area contributed by atoms with Crippen molar-refractivity contribution in [1.82, 2.24) is 9.97 Å². The van der Waals surface area contributed by atoms with Gasteiger partial charge >= 0.3 is 0 Å². The number of para-hydroxylation sites is 1. The van der Waals surface area contributed by atoms with Crippen molar-refractivity contribution in [2.75, 3.05) is 9.80 Å². The summed E-state index contributed by atoms with van der Waals surface area (Å²) in [5.74, 6) is 1.83. The number of hydrogen-bond donors (Lipinski definition) is 0. The number of nitrogens with zero attached hydrogens (tertiary/aromatic N) is 4. The minimum Gasteiger partial charge on any atom is -0.284 e. The van der Waals surface area contributed by atoms with E-state index in [1.54, 1.807) is 12.4 Å². The van der Waals surface area contributed by atoms with Gasteiger partial charge in [-0.25, -0.2) is 9.97 Å². The van der Waals surface area contributed by atoms with E-state index in [0.29, 0.717) is 0 Å². The summed E-state index contributed by atoms with van der Waals surface area (Å²) in [7, 11) is 0. The zero-order valence-electron chi connectivity index (χ0n) is 15.6. The van der Waals surface area contributed by atoms with Crippen molar-refractivity contribution in [3.05, 3.63) is 90.9 Å². The molecule has 0 radical (unpaired) electrons. The van der Waals surface area contributed by atoms with Gasteiger partial charge in [0.1, 0.15) is 0 Å². The molecule has 3 aliphatic rings. The van der Waals surface area contributed by atoms with Gasteiger partial charge in [-0.15, -0.1) is 0 Å². The van der Waals surface area contributed by atoms with Crippen molar-refractivity contribution in [2.45, 2.75) is 27.0 Å². The van der Waals surface area contributed by atoms with E-state index in [4.69, 9.17) is 9.97 Å². The summed E-state index contributed by atoms with van der Waals surface area (Å²) in [5.41, 5.74) is 2.40. The van der Waals surface area contributed by atoms with Gasteiger partial charge in [0.05, 0.1) is 0 Å². The second kappa shape index (κ2) is 6.68. The fraction of sp³-hybridized carbons (Fsp3) is 0.130. The Morgan fingerprint density at radius 3 is 2.10 bits per heavy atom. The quantitative estimate of drug-likeness (QED) is 0.498. The smallest absolute Gasteiger partial charge is 0.231 e. The van der Waals surface area contributed by atoms with Crippen LogP contribution in [-0.2, 0) is 0 Å². The molecule has 6 rings (SSSR count). The van der Waals surface area contributed by atoms with Gasteiger partial charge in [-0.1, -0.05) is 66.0 Å². The molecular formula is C23H18N4S2. The third kappa shape index (κ3) is 2.56. The van der Waals surface area contributed by atoms with Crippen LogP contribution >= 0.6 is 23.5 Å². The first-order valence-electron chi connectivity index (χ1n) is 9.66. The first kappa shape index (κ1) is 17.2. The number of anilines is 3. The van der Waals surface area contributed by atoms with Crippen molar-refractivity contribution >= 4 is 40.8 Å². The second-order valence-corrected chi connectivity index (χ2v) is 9.72. The normalized spacial score (nSPS) is 18.7. The van der Waals surface area contributed by atoms with Crippen molar-refractivity contribution in [3.63, 3.8) is 0 Å². The van der Waals surface area contributed by atoms with Crippen LogP contribution in [0.1, 0.15) is 12.8 Å². The van der Waals surface area contributed by atoms with Crippen LogP contribution < -0.4 is 9.80 Å². The summed E-state index contributed by atoms with van der Waals surface area (Å²) in [6.07, 6.45) is 12.2. The van der Waals surface area contributed by atoms with Crippen LogP contribution in [0.2, 0.25) is 0 Å². The Labute approximate surface area is 178 Å². The molecule has 142 valence electrons. The van der Waals surface area contributed by atoms with E-state index in [1.807, 2.05) is 23.5 Å². The molecule has 0 amide bonds. The summed E-state index contributed by atoms with van der Waals surface area (Å²) < 4.78 is -0.425. The monoisotopic (exact) mass is 414 g/mol. The molecule has 0 bridgehead atoms. The molecule has 6 heteroatoms. The first-order valence-corrected chi connectivity index (χ1v) is 11.3. The first-order chi connectivity index (χ1) is 14.4. The largest absolute Gasteiger partial charge is 0.284 e. The van der Waals surface area contributed by atoms with Crippen molar-refractivity contribution in [1.29, 1.82) is 0 Å². The van der Waals surface area contributed by atoms with Crippen molar-refractivity contribution < 1.29 is 0 Å². The molecule has 1 spiro atoms. The maximum Gasteiger partial charge on any atom is 0.231 e. The number of thioether (sulfide) groups is 2. The Morgan fingerprint density at radius 2 is 1.45 bits per heavy atom. The Bertz CT molecular complexity index is 1120. The third-order valence-electron chi connectivity index (χ3n) is 5.28. The van der Waals surface area contributed by atoms with Crippen LogP contribution in [0.15, 0.2) is 101 Å². The van der Waals surface area contributed by atoms with Crippen LogP contribution in [0.4, 0.5) is 17.3 Å². The molecular weight excluding hydrogens is 396 g/mol. The molecule has 29 heavy (non-hydrogen) atoms. The van der Waals surface area contributed by atoms with E-state index in [-0.39, 0.29) is 0 Å². The predicted molar refractivity (Wildman–Crippen MR) is 120 cm³/mol.